The van der Waals surface area contributed by atoms with Crippen LogP contribution in [0.25, 0.3) is 0 Å². The molecule has 1 atom stereocenters. The monoisotopic (exact) mass is 385 g/mol. The number of benzene rings is 2. The molecule has 1 nitrogen and oxygen atoms in total. The Labute approximate surface area is 133 Å². The Kier molecular flexibility index (Phi) is 4.54. The van der Waals surface area contributed by atoms with Gasteiger partial charge >= 0.3 is 0 Å². The van der Waals surface area contributed by atoms with Crippen LogP contribution in [0.5, 0.6) is 0 Å². The molecule has 100 valence electrons. The van der Waals surface area contributed by atoms with E-state index < -0.39 is 0 Å². The summed E-state index contributed by atoms with van der Waals surface area (Å²) in [6.45, 7) is 6.25. The topological polar surface area (TPSA) is 26.0 Å². The summed E-state index contributed by atoms with van der Waals surface area (Å²) in [5, 5.41) is 0.743. The molecule has 0 bridgehead atoms. The molecule has 1 unspecified atom stereocenters. The highest BCUT2D eigenvalue weighted by molar-refractivity contribution is 14.1. The number of hydrogen-bond donors (Lipinski definition) is 1. The highest BCUT2D eigenvalue weighted by Crippen LogP contribution is 2.32. The molecule has 0 aliphatic heterocycles. The molecule has 2 rings (SSSR count). The molecule has 2 N–H and O–H groups in total. The van der Waals surface area contributed by atoms with Gasteiger partial charge in [0.2, 0.25) is 0 Å². The number of aryl methyl sites for hydroxylation is 3. The Bertz CT molecular complexity index is 622. The van der Waals surface area contributed by atoms with Gasteiger partial charge < -0.3 is 5.73 Å². The summed E-state index contributed by atoms with van der Waals surface area (Å²) < 4.78 is 1.21. The number of hydrogen-bond acceptors (Lipinski definition) is 1. The first-order chi connectivity index (χ1) is 8.91. The molecule has 0 spiro atoms. The fraction of sp³-hybridized carbons (Fsp3) is 0.250. The molecule has 0 aliphatic rings. The zero-order valence-corrected chi connectivity index (χ0v) is 14.2. The van der Waals surface area contributed by atoms with Gasteiger partial charge in [-0.15, -0.1) is 0 Å². The summed E-state index contributed by atoms with van der Waals surface area (Å²) in [5.41, 5.74) is 12.2. The lowest BCUT2D eigenvalue weighted by molar-refractivity contribution is 0.860. The third-order valence-electron chi connectivity index (χ3n) is 3.50. The summed E-state index contributed by atoms with van der Waals surface area (Å²) in [7, 11) is 0. The quantitative estimate of drug-likeness (QED) is 0.730. The molecule has 0 heterocycles. The van der Waals surface area contributed by atoms with Crippen molar-refractivity contribution >= 4 is 34.2 Å². The minimum absolute atomic E-state index is 0.182. The Hall–Kier alpha value is -0.580. The van der Waals surface area contributed by atoms with Crippen molar-refractivity contribution in [3.63, 3.8) is 0 Å². The minimum atomic E-state index is -0.182. The molecule has 0 fully saturated rings. The van der Waals surface area contributed by atoms with Gasteiger partial charge in [0.05, 0.1) is 6.04 Å². The van der Waals surface area contributed by atoms with Gasteiger partial charge in [-0.2, -0.15) is 0 Å². The maximum absolute atomic E-state index is 6.42. The lowest BCUT2D eigenvalue weighted by atomic mass is 9.95. The van der Waals surface area contributed by atoms with Crippen molar-refractivity contribution in [1.29, 1.82) is 0 Å². The van der Waals surface area contributed by atoms with Crippen LogP contribution in [-0.4, -0.2) is 0 Å². The third kappa shape index (κ3) is 2.96. The zero-order chi connectivity index (χ0) is 14.2. The number of nitrogens with two attached hydrogens (primary N) is 1. The maximum Gasteiger partial charge on any atom is 0.0577 e. The first-order valence-corrected chi connectivity index (χ1v) is 7.64. The van der Waals surface area contributed by atoms with Crippen LogP contribution in [0.2, 0.25) is 5.02 Å². The van der Waals surface area contributed by atoms with Gasteiger partial charge in [0, 0.05) is 8.59 Å². The first kappa shape index (κ1) is 14.8. The summed E-state index contributed by atoms with van der Waals surface area (Å²) >= 11 is 8.71. The van der Waals surface area contributed by atoms with Crippen LogP contribution in [0, 0.1) is 24.3 Å². The summed E-state index contributed by atoms with van der Waals surface area (Å²) in [5.74, 6) is 0. The average Bonchev–Trinajstić information content (AvgIpc) is 2.36. The number of halogens is 2. The van der Waals surface area contributed by atoms with Crippen molar-refractivity contribution in [3.05, 3.63) is 66.7 Å². The molecule has 19 heavy (non-hydrogen) atoms. The van der Waals surface area contributed by atoms with Crippen molar-refractivity contribution < 1.29 is 0 Å². The first-order valence-electron chi connectivity index (χ1n) is 6.19. The normalized spacial score (nSPS) is 12.5. The van der Waals surface area contributed by atoms with E-state index in [-0.39, 0.29) is 6.04 Å². The van der Waals surface area contributed by atoms with Crippen LogP contribution in [0.3, 0.4) is 0 Å². The van der Waals surface area contributed by atoms with E-state index in [1.54, 1.807) is 0 Å². The van der Waals surface area contributed by atoms with E-state index in [0.29, 0.717) is 0 Å². The van der Waals surface area contributed by atoms with Crippen molar-refractivity contribution in [2.75, 3.05) is 0 Å². The Morgan fingerprint density at radius 2 is 1.63 bits per heavy atom. The lowest BCUT2D eigenvalue weighted by Gasteiger charge is -2.18. The van der Waals surface area contributed by atoms with Gasteiger partial charge in [0.25, 0.3) is 0 Å². The standard InChI is InChI=1S/C16H17ClIN/c1-9-5-4-6-12(15(9)18)16(19)13-7-10(2)11(3)8-14(13)17/h4-8,16H,19H2,1-3H3. The van der Waals surface area contributed by atoms with Gasteiger partial charge in [-0.25, -0.2) is 0 Å². The van der Waals surface area contributed by atoms with E-state index in [0.717, 1.165) is 16.1 Å². The van der Waals surface area contributed by atoms with E-state index in [2.05, 4.69) is 61.6 Å². The van der Waals surface area contributed by atoms with Gasteiger partial charge in [-0.1, -0.05) is 35.9 Å². The Morgan fingerprint density at radius 1 is 1.00 bits per heavy atom. The van der Waals surface area contributed by atoms with Crippen molar-refractivity contribution in [3.8, 4) is 0 Å². The fourth-order valence-electron chi connectivity index (χ4n) is 2.12. The van der Waals surface area contributed by atoms with Crippen LogP contribution >= 0.6 is 34.2 Å². The average molecular weight is 386 g/mol. The summed E-state index contributed by atoms with van der Waals surface area (Å²) in [6.07, 6.45) is 0. The highest BCUT2D eigenvalue weighted by atomic mass is 127. The van der Waals surface area contributed by atoms with E-state index >= 15 is 0 Å². The van der Waals surface area contributed by atoms with E-state index in [4.69, 9.17) is 17.3 Å². The molecule has 0 radical (unpaired) electrons. The van der Waals surface area contributed by atoms with Gasteiger partial charge in [0.15, 0.2) is 0 Å². The molecular formula is C16H17ClIN. The van der Waals surface area contributed by atoms with Crippen molar-refractivity contribution in [2.45, 2.75) is 26.8 Å². The third-order valence-corrected chi connectivity index (χ3v) is 5.31. The van der Waals surface area contributed by atoms with E-state index in [1.165, 1.54) is 20.3 Å². The van der Waals surface area contributed by atoms with Crippen LogP contribution in [0.1, 0.15) is 33.9 Å². The molecule has 0 saturated carbocycles. The zero-order valence-electron chi connectivity index (χ0n) is 11.3. The van der Waals surface area contributed by atoms with E-state index in [9.17, 15) is 0 Å². The summed E-state index contributed by atoms with van der Waals surface area (Å²) in [6, 6.07) is 10.1. The second kappa shape index (κ2) is 5.81. The van der Waals surface area contributed by atoms with Gasteiger partial charge in [-0.05, 0) is 77.2 Å². The minimum Gasteiger partial charge on any atom is -0.320 e. The van der Waals surface area contributed by atoms with Crippen LogP contribution in [0.4, 0.5) is 0 Å². The SMILES string of the molecule is Cc1cc(Cl)c(C(N)c2cccc(C)c2I)cc1C. The maximum atomic E-state index is 6.42. The number of rotatable bonds is 2. The Balaban J connectivity index is 2.53. The van der Waals surface area contributed by atoms with Crippen molar-refractivity contribution in [2.24, 2.45) is 5.73 Å². The molecule has 2 aromatic rings. The second-order valence-corrected chi connectivity index (χ2v) is 6.40. The van der Waals surface area contributed by atoms with Crippen LogP contribution in [-0.2, 0) is 0 Å². The molecule has 0 aliphatic carbocycles. The molecule has 2 aromatic carbocycles. The largest absolute Gasteiger partial charge is 0.320 e. The lowest BCUT2D eigenvalue weighted by Crippen LogP contribution is -2.14. The fourth-order valence-corrected chi connectivity index (χ4v) is 3.15. The molecule has 3 heteroatoms. The van der Waals surface area contributed by atoms with Gasteiger partial charge in [0.1, 0.15) is 0 Å². The molecule has 0 saturated heterocycles. The highest BCUT2D eigenvalue weighted by Gasteiger charge is 2.16. The second-order valence-electron chi connectivity index (χ2n) is 4.91. The predicted molar refractivity (Wildman–Crippen MR) is 90.9 cm³/mol. The predicted octanol–water partition coefficient (Wildman–Crippen LogP) is 4.92. The van der Waals surface area contributed by atoms with Gasteiger partial charge in [-0.3, -0.25) is 0 Å². The van der Waals surface area contributed by atoms with Crippen LogP contribution in [0.15, 0.2) is 30.3 Å². The summed E-state index contributed by atoms with van der Waals surface area (Å²) in [4.78, 5) is 0. The van der Waals surface area contributed by atoms with E-state index in [1.807, 2.05) is 12.1 Å². The van der Waals surface area contributed by atoms with Crippen LogP contribution < -0.4 is 5.73 Å². The molecular weight excluding hydrogens is 369 g/mol. The molecule has 0 amide bonds. The van der Waals surface area contributed by atoms with Crippen molar-refractivity contribution in [1.82, 2.24) is 0 Å². The Morgan fingerprint density at radius 3 is 2.32 bits per heavy atom. The molecule has 0 aromatic heterocycles. The smallest absolute Gasteiger partial charge is 0.0577 e.